The van der Waals surface area contributed by atoms with Crippen molar-refractivity contribution in [3.63, 3.8) is 0 Å². The molecule has 1 aromatic heterocycles. The van der Waals surface area contributed by atoms with Gasteiger partial charge in [-0.25, -0.2) is 0 Å². The number of halogens is 1. The Morgan fingerprint density at radius 3 is 2.83 bits per heavy atom. The highest BCUT2D eigenvalue weighted by atomic mass is 79.9. The van der Waals surface area contributed by atoms with Gasteiger partial charge in [0.25, 0.3) is 0 Å². The van der Waals surface area contributed by atoms with Crippen LogP contribution in [0.2, 0.25) is 0 Å². The van der Waals surface area contributed by atoms with Gasteiger partial charge in [0.2, 0.25) is 0 Å². The van der Waals surface area contributed by atoms with E-state index in [4.69, 9.17) is 5.73 Å². The van der Waals surface area contributed by atoms with Crippen LogP contribution in [0.1, 0.15) is 5.69 Å². The zero-order chi connectivity index (χ0) is 8.72. The summed E-state index contributed by atoms with van der Waals surface area (Å²) in [5.41, 5.74) is 8.69. The summed E-state index contributed by atoms with van der Waals surface area (Å²) in [5.74, 6) is 0. The van der Waals surface area contributed by atoms with Crippen molar-refractivity contribution >= 4 is 32.5 Å². The molecule has 0 unspecified atom stereocenters. The lowest BCUT2D eigenvalue weighted by Gasteiger charge is -1.96. The first-order valence-corrected chi connectivity index (χ1v) is 4.50. The number of H-pyrrole nitrogens is 1. The smallest absolute Gasteiger partial charge is 0.0488 e. The number of anilines is 1. The molecule has 3 N–H and O–H groups in total. The van der Waals surface area contributed by atoms with E-state index < -0.39 is 0 Å². The number of fused-ring (bicyclic) bond motifs is 1. The van der Waals surface area contributed by atoms with Gasteiger partial charge in [0.05, 0.1) is 0 Å². The van der Waals surface area contributed by atoms with Crippen LogP contribution in [0.4, 0.5) is 5.69 Å². The number of benzene rings is 1. The second-order valence-corrected chi connectivity index (χ2v) is 3.77. The van der Waals surface area contributed by atoms with Crippen LogP contribution in [0, 0.1) is 6.92 Å². The number of hydrogen-bond acceptors (Lipinski definition) is 1. The fourth-order valence-corrected chi connectivity index (χ4v) is 1.95. The van der Waals surface area contributed by atoms with Crippen molar-refractivity contribution in [3.8, 4) is 0 Å². The molecule has 2 rings (SSSR count). The van der Waals surface area contributed by atoms with Gasteiger partial charge in [0.1, 0.15) is 0 Å². The Hall–Kier alpha value is -0.960. The molecule has 0 spiro atoms. The molecule has 3 heteroatoms. The summed E-state index contributed by atoms with van der Waals surface area (Å²) >= 11 is 3.46. The summed E-state index contributed by atoms with van der Waals surface area (Å²) in [5, 5.41) is 1.18. The molecule has 0 bridgehead atoms. The topological polar surface area (TPSA) is 41.8 Å². The van der Waals surface area contributed by atoms with E-state index >= 15 is 0 Å². The predicted molar refractivity (Wildman–Crippen MR) is 55.1 cm³/mol. The normalized spacial score (nSPS) is 10.8. The third kappa shape index (κ3) is 1.10. The van der Waals surface area contributed by atoms with Crippen LogP contribution < -0.4 is 5.73 Å². The second kappa shape index (κ2) is 2.52. The van der Waals surface area contributed by atoms with Crippen LogP contribution in [-0.2, 0) is 0 Å². The van der Waals surface area contributed by atoms with Gasteiger partial charge in [-0.3, -0.25) is 0 Å². The standard InChI is InChI=1S/C9H9BrN2/c1-5-2-7-8(10)3-6(11)4-9(7)12-5/h2-4,12H,11H2,1H3. The zero-order valence-electron chi connectivity index (χ0n) is 6.69. The van der Waals surface area contributed by atoms with Crippen molar-refractivity contribution in [2.75, 3.05) is 5.73 Å². The second-order valence-electron chi connectivity index (χ2n) is 2.92. The molecule has 0 aliphatic heterocycles. The maximum absolute atomic E-state index is 5.68. The van der Waals surface area contributed by atoms with E-state index in [1.165, 1.54) is 5.39 Å². The fraction of sp³-hybridized carbons (Fsp3) is 0.111. The van der Waals surface area contributed by atoms with Crippen molar-refractivity contribution in [2.45, 2.75) is 6.92 Å². The summed E-state index contributed by atoms with van der Waals surface area (Å²) in [6.07, 6.45) is 0. The van der Waals surface area contributed by atoms with Crippen LogP contribution in [0.3, 0.4) is 0 Å². The fourth-order valence-electron chi connectivity index (χ4n) is 1.35. The van der Waals surface area contributed by atoms with Crippen molar-refractivity contribution in [2.24, 2.45) is 0 Å². The van der Waals surface area contributed by atoms with Gasteiger partial charge in [-0.2, -0.15) is 0 Å². The minimum atomic E-state index is 0.774. The number of aromatic amines is 1. The average Bonchev–Trinajstić information content (AvgIpc) is 2.29. The molecule has 0 aliphatic carbocycles. The maximum Gasteiger partial charge on any atom is 0.0488 e. The summed E-state index contributed by atoms with van der Waals surface area (Å²) in [4.78, 5) is 3.23. The number of nitrogen functional groups attached to an aromatic ring is 1. The lowest BCUT2D eigenvalue weighted by molar-refractivity contribution is 1.30. The van der Waals surface area contributed by atoms with Gasteiger partial charge >= 0.3 is 0 Å². The Bertz CT molecular complexity index is 431. The van der Waals surface area contributed by atoms with Gasteiger partial charge in [0, 0.05) is 26.8 Å². The lowest BCUT2D eigenvalue weighted by Crippen LogP contribution is -1.83. The molecule has 2 aromatic rings. The van der Waals surface area contributed by atoms with E-state index in [-0.39, 0.29) is 0 Å². The molecule has 12 heavy (non-hydrogen) atoms. The molecule has 0 fully saturated rings. The number of nitrogens with one attached hydrogen (secondary N) is 1. The van der Waals surface area contributed by atoms with Crippen molar-refractivity contribution in [1.29, 1.82) is 0 Å². The predicted octanol–water partition coefficient (Wildman–Crippen LogP) is 2.82. The molecule has 1 heterocycles. The first-order valence-electron chi connectivity index (χ1n) is 3.71. The zero-order valence-corrected chi connectivity index (χ0v) is 8.27. The van der Waals surface area contributed by atoms with Crippen LogP contribution in [0.25, 0.3) is 10.9 Å². The number of aromatic nitrogens is 1. The van der Waals surface area contributed by atoms with E-state index in [2.05, 4.69) is 27.0 Å². The van der Waals surface area contributed by atoms with Gasteiger partial charge in [-0.15, -0.1) is 0 Å². The average molecular weight is 225 g/mol. The number of rotatable bonds is 0. The van der Waals surface area contributed by atoms with Crippen molar-refractivity contribution in [1.82, 2.24) is 4.98 Å². The first-order chi connectivity index (χ1) is 5.66. The van der Waals surface area contributed by atoms with Gasteiger partial charge in [-0.1, -0.05) is 15.9 Å². The molecule has 0 saturated heterocycles. The molecule has 0 aliphatic rings. The van der Waals surface area contributed by atoms with Gasteiger partial charge < -0.3 is 10.7 Å². The number of nitrogens with two attached hydrogens (primary N) is 1. The number of hydrogen-bond donors (Lipinski definition) is 2. The summed E-state index contributed by atoms with van der Waals surface area (Å²) in [6.45, 7) is 2.03. The Morgan fingerprint density at radius 2 is 2.08 bits per heavy atom. The summed E-state index contributed by atoms with van der Waals surface area (Å²) < 4.78 is 1.04. The largest absolute Gasteiger partial charge is 0.399 e. The molecule has 0 saturated carbocycles. The van der Waals surface area contributed by atoms with Crippen LogP contribution >= 0.6 is 15.9 Å². The Kier molecular flexibility index (Phi) is 1.61. The SMILES string of the molecule is Cc1cc2c(Br)cc(N)cc2[nH]1. The molecule has 62 valence electrons. The van der Waals surface area contributed by atoms with E-state index in [1.807, 2.05) is 19.1 Å². The Morgan fingerprint density at radius 1 is 1.33 bits per heavy atom. The third-order valence-corrected chi connectivity index (χ3v) is 2.50. The minimum Gasteiger partial charge on any atom is -0.399 e. The molecular weight excluding hydrogens is 216 g/mol. The molecule has 1 aromatic carbocycles. The first kappa shape index (κ1) is 7.68. The Labute approximate surface area is 78.9 Å². The molecule has 2 nitrogen and oxygen atoms in total. The lowest BCUT2D eigenvalue weighted by atomic mass is 10.2. The molecule has 0 radical (unpaired) electrons. The van der Waals surface area contributed by atoms with Gasteiger partial charge in [-0.05, 0) is 25.1 Å². The van der Waals surface area contributed by atoms with Crippen LogP contribution in [0.5, 0.6) is 0 Å². The van der Waals surface area contributed by atoms with Crippen molar-refractivity contribution in [3.05, 3.63) is 28.4 Å². The quantitative estimate of drug-likeness (QED) is 0.665. The van der Waals surface area contributed by atoms with Crippen molar-refractivity contribution < 1.29 is 0 Å². The molecule has 0 amide bonds. The maximum atomic E-state index is 5.68. The van der Waals surface area contributed by atoms with E-state index in [0.29, 0.717) is 0 Å². The highest BCUT2D eigenvalue weighted by Gasteiger charge is 2.02. The highest BCUT2D eigenvalue weighted by Crippen LogP contribution is 2.27. The van der Waals surface area contributed by atoms with Crippen LogP contribution in [0.15, 0.2) is 22.7 Å². The molecule has 0 atom stereocenters. The molecular formula is C9H9BrN2. The highest BCUT2D eigenvalue weighted by molar-refractivity contribution is 9.10. The minimum absolute atomic E-state index is 0.774. The van der Waals surface area contributed by atoms with Gasteiger partial charge in [0.15, 0.2) is 0 Å². The van der Waals surface area contributed by atoms with Crippen LogP contribution in [-0.4, -0.2) is 4.98 Å². The van der Waals surface area contributed by atoms with E-state index in [0.717, 1.165) is 21.4 Å². The summed E-state index contributed by atoms with van der Waals surface area (Å²) in [6, 6.07) is 5.95. The number of aryl methyl sites for hydroxylation is 1. The van der Waals surface area contributed by atoms with E-state index in [9.17, 15) is 0 Å². The monoisotopic (exact) mass is 224 g/mol. The third-order valence-electron chi connectivity index (χ3n) is 1.84. The van der Waals surface area contributed by atoms with E-state index in [1.54, 1.807) is 0 Å². The Balaban J connectivity index is 2.88. The summed E-state index contributed by atoms with van der Waals surface area (Å²) in [7, 11) is 0.